The number of hydrogen-bond acceptors (Lipinski definition) is 6. The molecule has 1 amide bonds. The van der Waals surface area contributed by atoms with E-state index in [4.69, 9.17) is 4.74 Å². The number of esters is 1. The number of benzene rings is 1. The van der Waals surface area contributed by atoms with Crippen molar-refractivity contribution in [3.8, 4) is 0 Å². The molecule has 2 aliphatic rings. The van der Waals surface area contributed by atoms with Gasteiger partial charge >= 0.3 is 5.97 Å². The molecule has 7 nitrogen and oxygen atoms in total. The Labute approximate surface area is 163 Å². The van der Waals surface area contributed by atoms with E-state index in [1.54, 1.807) is 11.8 Å². The first-order chi connectivity index (χ1) is 12.9. The zero-order chi connectivity index (χ0) is 19.4. The van der Waals surface area contributed by atoms with Crippen LogP contribution < -0.4 is 0 Å². The van der Waals surface area contributed by atoms with Crippen molar-refractivity contribution >= 4 is 33.7 Å². The fraction of sp³-hybridized carbons (Fsp3) is 0.444. The lowest BCUT2D eigenvalue weighted by Gasteiger charge is -2.35. The van der Waals surface area contributed by atoms with E-state index in [0.717, 1.165) is 6.42 Å². The Kier molecular flexibility index (Phi) is 6.23. The second kappa shape index (κ2) is 8.45. The van der Waals surface area contributed by atoms with Crippen molar-refractivity contribution in [3.63, 3.8) is 0 Å². The minimum Gasteiger partial charge on any atom is -0.462 e. The van der Waals surface area contributed by atoms with Gasteiger partial charge in [0.2, 0.25) is 15.9 Å². The van der Waals surface area contributed by atoms with Crippen molar-refractivity contribution in [3.05, 3.63) is 41.3 Å². The van der Waals surface area contributed by atoms with Crippen molar-refractivity contribution in [2.24, 2.45) is 0 Å². The summed E-state index contributed by atoms with van der Waals surface area (Å²) in [6, 6.07) is 5.74. The summed E-state index contributed by atoms with van der Waals surface area (Å²) in [4.78, 5) is 26.0. The normalized spacial score (nSPS) is 20.6. The van der Waals surface area contributed by atoms with Gasteiger partial charge < -0.3 is 9.64 Å². The van der Waals surface area contributed by atoms with E-state index in [9.17, 15) is 18.0 Å². The number of allylic oxidation sites excluding steroid dienone is 1. The molecule has 3 rings (SSSR count). The first-order valence-corrected chi connectivity index (χ1v) is 11.2. The molecule has 146 valence electrons. The van der Waals surface area contributed by atoms with Crippen LogP contribution in [0.4, 0.5) is 0 Å². The van der Waals surface area contributed by atoms with Crippen LogP contribution in [0.5, 0.6) is 0 Å². The lowest BCUT2D eigenvalue weighted by Crippen LogP contribution is -2.52. The zero-order valence-corrected chi connectivity index (χ0v) is 16.7. The van der Waals surface area contributed by atoms with Gasteiger partial charge in [-0.15, -0.1) is 11.8 Å². The van der Waals surface area contributed by atoms with Crippen LogP contribution in [-0.2, 0) is 19.6 Å². The van der Waals surface area contributed by atoms with Crippen molar-refractivity contribution in [1.82, 2.24) is 9.21 Å². The first kappa shape index (κ1) is 19.9. The van der Waals surface area contributed by atoms with Crippen LogP contribution in [0.25, 0.3) is 0 Å². The molecule has 1 fully saturated rings. The molecule has 2 heterocycles. The van der Waals surface area contributed by atoms with Gasteiger partial charge in [-0.05, 0) is 43.0 Å². The third kappa shape index (κ3) is 4.36. The summed E-state index contributed by atoms with van der Waals surface area (Å²) in [7, 11) is -3.66. The third-order valence-electron chi connectivity index (χ3n) is 4.52. The summed E-state index contributed by atoms with van der Waals surface area (Å²) in [6.07, 6.45) is 2.71. The van der Waals surface area contributed by atoms with Gasteiger partial charge in [-0.1, -0.05) is 6.08 Å². The van der Waals surface area contributed by atoms with Gasteiger partial charge in [0.05, 0.1) is 22.3 Å². The molecular formula is C18H22N2O5S2. The van der Waals surface area contributed by atoms with Gasteiger partial charge in [-0.3, -0.25) is 4.79 Å². The Morgan fingerprint density at radius 3 is 2.37 bits per heavy atom. The predicted octanol–water partition coefficient (Wildman–Crippen LogP) is 1.72. The highest BCUT2D eigenvalue weighted by Gasteiger charge is 2.33. The van der Waals surface area contributed by atoms with E-state index in [1.807, 2.05) is 11.5 Å². The molecule has 0 bridgehead atoms. The van der Waals surface area contributed by atoms with E-state index < -0.39 is 16.0 Å². The second-order valence-electron chi connectivity index (χ2n) is 6.21. The Balaban J connectivity index is 1.62. The molecule has 0 N–H and O–H groups in total. The van der Waals surface area contributed by atoms with Gasteiger partial charge in [-0.2, -0.15) is 4.31 Å². The Bertz CT molecular complexity index is 820. The maximum Gasteiger partial charge on any atom is 0.338 e. The smallest absolute Gasteiger partial charge is 0.338 e. The molecule has 0 spiro atoms. The minimum atomic E-state index is -3.66. The molecule has 9 heteroatoms. The molecule has 27 heavy (non-hydrogen) atoms. The van der Waals surface area contributed by atoms with Crippen LogP contribution in [0.15, 0.2) is 40.6 Å². The summed E-state index contributed by atoms with van der Waals surface area (Å²) in [5, 5.41) is 1.85. The summed E-state index contributed by atoms with van der Waals surface area (Å²) < 4.78 is 31.9. The second-order valence-corrected chi connectivity index (χ2v) is 9.26. The van der Waals surface area contributed by atoms with E-state index >= 15 is 0 Å². The molecule has 1 unspecified atom stereocenters. The van der Waals surface area contributed by atoms with E-state index in [1.165, 1.54) is 40.3 Å². The van der Waals surface area contributed by atoms with Crippen LogP contribution in [0.1, 0.15) is 23.7 Å². The Morgan fingerprint density at radius 2 is 1.81 bits per heavy atom. The number of thioether (sulfide) groups is 1. The molecule has 0 radical (unpaired) electrons. The van der Waals surface area contributed by atoms with Gasteiger partial charge in [0.25, 0.3) is 0 Å². The van der Waals surface area contributed by atoms with Crippen LogP contribution in [0.3, 0.4) is 0 Å². The fourth-order valence-electron chi connectivity index (χ4n) is 3.02. The molecule has 1 aromatic carbocycles. The number of sulfonamides is 1. The molecule has 0 saturated carbocycles. The third-order valence-corrected chi connectivity index (χ3v) is 7.50. The SMILES string of the molecule is CCOC(=O)c1ccc(S(=O)(=O)N2CCN(C(=O)C3CC=CS3)CC2)cc1. The van der Waals surface area contributed by atoms with Crippen LogP contribution in [0.2, 0.25) is 0 Å². The number of amides is 1. The lowest BCUT2D eigenvalue weighted by atomic mass is 10.2. The van der Waals surface area contributed by atoms with Crippen LogP contribution in [0, 0.1) is 0 Å². The minimum absolute atomic E-state index is 0.0702. The van der Waals surface area contributed by atoms with E-state index in [-0.39, 0.29) is 35.7 Å². The maximum absolute atomic E-state index is 12.8. The van der Waals surface area contributed by atoms with Crippen molar-refractivity contribution < 1.29 is 22.7 Å². The quantitative estimate of drug-likeness (QED) is 0.687. The molecule has 0 aromatic heterocycles. The van der Waals surface area contributed by atoms with Crippen molar-refractivity contribution in [1.29, 1.82) is 0 Å². The van der Waals surface area contributed by atoms with Crippen molar-refractivity contribution in [2.75, 3.05) is 32.8 Å². The average molecular weight is 411 g/mol. The number of piperazine rings is 1. The highest BCUT2D eigenvalue weighted by atomic mass is 32.2. The highest BCUT2D eigenvalue weighted by molar-refractivity contribution is 8.03. The first-order valence-electron chi connectivity index (χ1n) is 8.80. The molecule has 1 aromatic rings. The zero-order valence-electron chi connectivity index (χ0n) is 15.0. The molecule has 1 atom stereocenters. The Hall–Kier alpha value is -1.84. The standard InChI is InChI=1S/C18H22N2O5S2/c1-2-25-18(22)14-5-7-15(8-6-14)27(23,24)20-11-9-19(10-12-20)17(21)16-4-3-13-26-16/h3,5-8,13,16H,2,4,9-12H2,1H3. The van der Waals surface area contributed by atoms with Gasteiger partial charge in [0.1, 0.15) is 0 Å². The highest BCUT2D eigenvalue weighted by Crippen LogP contribution is 2.26. The molecule has 2 aliphatic heterocycles. The topological polar surface area (TPSA) is 84.0 Å². The summed E-state index contributed by atoms with van der Waals surface area (Å²) in [6.45, 7) is 3.27. The largest absolute Gasteiger partial charge is 0.462 e. The molecular weight excluding hydrogens is 388 g/mol. The van der Waals surface area contributed by atoms with Gasteiger partial charge in [0.15, 0.2) is 0 Å². The van der Waals surface area contributed by atoms with E-state index in [0.29, 0.717) is 18.7 Å². The number of rotatable bonds is 5. The number of carbonyl (C=O) groups excluding carboxylic acids is 2. The van der Waals surface area contributed by atoms with Gasteiger partial charge in [0, 0.05) is 26.2 Å². The average Bonchev–Trinajstić information content (AvgIpc) is 3.22. The van der Waals surface area contributed by atoms with E-state index in [2.05, 4.69) is 0 Å². The molecule has 1 saturated heterocycles. The van der Waals surface area contributed by atoms with Gasteiger partial charge in [-0.25, -0.2) is 13.2 Å². The van der Waals surface area contributed by atoms with Crippen LogP contribution >= 0.6 is 11.8 Å². The summed E-state index contributed by atoms with van der Waals surface area (Å²) in [5.41, 5.74) is 0.314. The van der Waals surface area contributed by atoms with Crippen molar-refractivity contribution in [2.45, 2.75) is 23.5 Å². The lowest BCUT2D eigenvalue weighted by molar-refractivity contribution is -0.131. The maximum atomic E-state index is 12.8. The predicted molar refractivity (Wildman–Crippen MR) is 103 cm³/mol. The Morgan fingerprint density at radius 1 is 1.15 bits per heavy atom. The monoisotopic (exact) mass is 410 g/mol. The molecule has 0 aliphatic carbocycles. The number of hydrogen-bond donors (Lipinski definition) is 0. The fourth-order valence-corrected chi connectivity index (χ4v) is 5.34. The summed E-state index contributed by atoms with van der Waals surface area (Å²) >= 11 is 1.51. The number of carbonyl (C=O) groups is 2. The summed E-state index contributed by atoms with van der Waals surface area (Å²) in [5.74, 6) is -0.409. The van der Waals surface area contributed by atoms with Crippen LogP contribution in [-0.4, -0.2) is 67.5 Å². The number of nitrogens with zero attached hydrogens (tertiary/aromatic N) is 2. The number of ether oxygens (including phenoxy) is 1.